The molecule has 0 bridgehead atoms. The molecule has 0 spiro atoms. The first-order valence-electron chi connectivity index (χ1n) is 10.5. The van der Waals surface area contributed by atoms with Gasteiger partial charge in [-0.05, 0) is 35.7 Å². The zero-order valence-electron chi connectivity index (χ0n) is 18.5. The molecule has 5 aromatic rings. The first kappa shape index (κ1) is 21.1. The Bertz CT molecular complexity index is 1570. The molecule has 1 amide bonds. The van der Waals surface area contributed by atoms with E-state index in [-0.39, 0.29) is 11.1 Å². The van der Waals surface area contributed by atoms with E-state index in [2.05, 4.69) is 20.4 Å². The van der Waals surface area contributed by atoms with Crippen LogP contribution in [-0.4, -0.2) is 30.2 Å². The van der Waals surface area contributed by atoms with Crippen LogP contribution in [0.5, 0.6) is 11.5 Å². The largest absolute Gasteiger partial charge is 0.456 e. The van der Waals surface area contributed by atoms with E-state index in [0.717, 1.165) is 22.2 Å². The Morgan fingerprint density at radius 2 is 1.82 bits per heavy atom. The molecule has 9 nitrogen and oxygen atoms in total. The second-order valence-corrected chi connectivity index (χ2v) is 7.70. The highest BCUT2D eigenvalue weighted by Crippen LogP contribution is 2.25. The van der Waals surface area contributed by atoms with Crippen LogP contribution in [0.1, 0.15) is 10.4 Å². The second kappa shape index (κ2) is 8.62. The molecule has 1 N–H and O–H groups in total. The van der Waals surface area contributed by atoms with Crippen molar-refractivity contribution in [1.29, 1.82) is 0 Å². The Kier molecular flexibility index (Phi) is 5.35. The maximum atomic E-state index is 12.8. The number of amides is 1. The third-order valence-electron chi connectivity index (χ3n) is 5.32. The van der Waals surface area contributed by atoms with E-state index >= 15 is 0 Å². The number of ether oxygens (including phenoxy) is 1. The number of aromatic nitrogens is 5. The minimum absolute atomic E-state index is 0.0445. The number of benzene rings is 1. The van der Waals surface area contributed by atoms with Gasteiger partial charge in [-0.1, -0.05) is 18.2 Å². The SMILES string of the molecule is Cn1cc(-c2cc(Oc3ccc(NC(=O)c4cc5ccccc5n(C)c4=O)nc3)ccn2)cn1. The van der Waals surface area contributed by atoms with Crippen LogP contribution in [0, 0.1) is 0 Å². The van der Waals surface area contributed by atoms with Crippen molar-refractivity contribution in [2.75, 3.05) is 5.32 Å². The van der Waals surface area contributed by atoms with E-state index in [1.807, 2.05) is 43.6 Å². The summed E-state index contributed by atoms with van der Waals surface area (Å²) in [5.41, 5.74) is 2.04. The highest BCUT2D eigenvalue weighted by molar-refractivity contribution is 6.05. The Balaban J connectivity index is 1.32. The van der Waals surface area contributed by atoms with E-state index in [1.54, 1.807) is 48.4 Å². The third kappa shape index (κ3) is 4.14. The van der Waals surface area contributed by atoms with Gasteiger partial charge in [-0.25, -0.2) is 4.98 Å². The summed E-state index contributed by atoms with van der Waals surface area (Å²) >= 11 is 0. The molecule has 0 saturated carbocycles. The number of para-hydroxylation sites is 1. The summed E-state index contributed by atoms with van der Waals surface area (Å²) in [6, 6.07) is 15.8. The van der Waals surface area contributed by atoms with Crippen LogP contribution in [0.4, 0.5) is 5.82 Å². The average molecular weight is 452 g/mol. The topological polar surface area (TPSA) is 104 Å². The fraction of sp³-hybridized carbons (Fsp3) is 0.0800. The molecule has 4 aromatic heterocycles. The molecule has 0 aliphatic rings. The van der Waals surface area contributed by atoms with E-state index in [9.17, 15) is 9.59 Å². The fourth-order valence-electron chi connectivity index (χ4n) is 3.61. The molecule has 168 valence electrons. The van der Waals surface area contributed by atoms with Gasteiger partial charge in [0.25, 0.3) is 11.5 Å². The summed E-state index contributed by atoms with van der Waals surface area (Å²) in [7, 11) is 3.48. The van der Waals surface area contributed by atoms with E-state index in [1.165, 1.54) is 10.8 Å². The van der Waals surface area contributed by atoms with Crippen molar-refractivity contribution in [2.24, 2.45) is 14.1 Å². The number of nitrogens with one attached hydrogen (secondary N) is 1. The highest BCUT2D eigenvalue weighted by Gasteiger charge is 2.15. The maximum absolute atomic E-state index is 12.8. The second-order valence-electron chi connectivity index (χ2n) is 7.70. The molecule has 4 heterocycles. The van der Waals surface area contributed by atoms with Gasteiger partial charge in [0.15, 0.2) is 0 Å². The molecule has 5 rings (SSSR count). The molecule has 9 heteroatoms. The van der Waals surface area contributed by atoms with Gasteiger partial charge in [0.2, 0.25) is 0 Å². The van der Waals surface area contributed by atoms with Crippen LogP contribution in [-0.2, 0) is 14.1 Å². The zero-order chi connectivity index (χ0) is 23.7. The van der Waals surface area contributed by atoms with Crippen molar-refractivity contribution < 1.29 is 9.53 Å². The maximum Gasteiger partial charge on any atom is 0.263 e. The lowest BCUT2D eigenvalue weighted by Gasteiger charge is -2.10. The monoisotopic (exact) mass is 452 g/mol. The number of rotatable bonds is 5. The van der Waals surface area contributed by atoms with Crippen LogP contribution in [0.3, 0.4) is 0 Å². The summed E-state index contributed by atoms with van der Waals surface area (Å²) in [6.45, 7) is 0. The lowest BCUT2D eigenvalue weighted by Crippen LogP contribution is -2.28. The minimum Gasteiger partial charge on any atom is -0.456 e. The number of carbonyl (C=O) groups excluding carboxylic acids is 1. The van der Waals surface area contributed by atoms with Gasteiger partial charge in [-0.2, -0.15) is 5.10 Å². The molecular weight excluding hydrogens is 432 g/mol. The molecule has 0 aliphatic carbocycles. The van der Waals surface area contributed by atoms with Gasteiger partial charge in [-0.3, -0.25) is 19.3 Å². The van der Waals surface area contributed by atoms with Crippen LogP contribution in [0.15, 0.2) is 84.2 Å². The number of carbonyl (C=O) groups is 1. The summed E-state index contributed by atoms with van der Waals surface area (Å²) in [5, 5.41) is 7.63. The number of hydrogen-bond donors (Lipinski definition) is 1. The van der Waals surface area contributed by atoms with Crippen molar-refractivity contribution in [1.82, 2.24) is 24.3 Å². The quantitative estimate of drug-likeness (QED) is 0.435. The Labute approximate surface area is 194 Å². The zero-order valence-corrected chi connectivity index (χ0v) is 18.5. The summed E-state index contributed by atoms with van der Waals surface area (Å²) < 4.78 is 9.04. The normalized spacial score (nSPS) is 10.9. The smallest absolute Gasteiger partial charge is 0.263 e. The van der Waals surface area contributed by atoms with Crippen molar-refractivity contribution in [3.63, 3.8) is 0 Å². The van der Waals surface area contributed by atoms with Gasteiger partial charge in [-0.15, -0.1) is 0 Å². The van der Waals surface area contributed by atoms with Crippen molar-refractivity contribution >= 4 is 22.6 Å². The average Bonchev–Trinajstić information content (AvgIpc) is 3.29. The van der Waals surface area contributed by atoms with Gasteiger partial charge in [0, 0.05) is 38.1 Å². The Hall–Kier alpha value is -4.79. The van der Waals surface area contributed by atoms with Crippen LogP contribution in [0.25, 0.3) is 22.2 Å². The first-order valence-corrected chi connectivity index (χ1v) is 10.5. The lowest BCUT2D eigenvalue weighted by atomic mass is 10.1. The van der Waals surface area contributed by atoms with Crippen LogP contribution < -0.4 is 15.6 Å². The number of aryl methyl sites for hydroxylation is 2. The van der Waals surface area contributed by atoms with E-state index < -0.39 is 5.91 Å². The van der Waals surface area contributed by atoms with Gasteiger partial charge < -0.3 is 14.6 Å². The number of anilines is 1. The molecule has 0 fully saturated rings. The number of nitrogens with zero attached hydrogens (tertiary/aromatic N) is 5. The fourth-order valence-corrected chi connectivity index (χ4v) is 3.61. The summed E-state index contributed by atoms with van der Waals surface area (Å²) in [6.07, 6.45) is 6.75. The Morgan fingerprint density at radius 3 is 2.59 bits per heavy atom. The Morgan fingerprint density at radius 1 is 0.971 bits per heavy atom. The van der Waals surface area contributed by atoms with Gasteiger partial charge in [0.1, 0.15) is 22.9 Å². The predicted molar refractivity (Wildman–Crippen MR) is 128 cm³/mol. The molecule has 0 saturated heterocycles. The number of fused-ring (bicyclic) bond motifs is 1. The lowest BCUT2D eigenvalue weighted by molar-refractivity contribution is 0.102. The van der Waals surface area contributed by atoms with E-state index in [4.69, 9.17) is 4.74 Å². The van der Waals surface area contributed by atoms with Crippen molar-refractivity contribution in [3.8, 4) is 22.8 Å². The van der Waals surface area contributed by atoms with Crippen LogP contribution in [0.2, 0.25) is 0 Å². The predicted octanol–water partition coefficient (Wildman–Crippen LogP) is 3.77. The molecule has 0 radical (unpaired) electrons. The summed E-state index contributed by atoms with van der Waals surface area (Å²) in [5.74, 6) is 0.858. The van der Waals surface area contributed by atoms with Crippen molar-refractivity contribution in [3.05, 3.63) is 95.3 Å². The first-order chi connectivity index (χ1) is 16.5. The summed E-state index contributed by atoms with van der Waals surface area (Å²) in [4.78, 5) is 34.0. The molecule has 1 aromatic carbocycles. The molecular formula is C25H20N6O3. The highest BCUT2D eigenvalue weighted by atomic mass is 16.5. The van der Waals surface area contributed by atoms with Crippen molar-refractivity contribution in [2.45, 2.75) is 0 Å². The molecule has 34 heavy (non-hydrogen) atoms. The minimum atomic E-state index is -0.525. The van der Waals surface area contributed by atoms with Gasteiger partial charge in [0.05, 0.1) is 23.6 Å². The number of hydrogen-bond acceptors (Lipinski definition) is 6. The molecule has 0 aliphatic heterocycles. The number of pyridine rings is 3. The molecule has 0 unspecified atom stereocenters. The molecule has 0 atom stereocenters. The third-order valence-corrected chi connectivity index (χ3v) is 5.32. The standard InChI is InChI=1S/C25H20N6O3/c1-30-15-17(13-28-30)21-12-18(9-10-26-21)34-19-7-8-23(27-14-19)29-24(32)20-11-16-5-3-4-6-22(16)31(2)25(20)33/h3-15H,1-2H3,(H,27,29,32). The van der Waals surface area contributed by atoms with E-state index in [0.29, 0.717) is 17.3 Å². The van der Waals surface area contributed by atoms with Crippen LogP contribution >= 0.6 is 0 Å². The van der Waals surface area contributed by atoms with Gasteiger partial charge >= 0.3 is 0 Å².